The fourth-order valence-corrected chi connectivity index (χ4v) is 3.90. The Morgan fingerprint density at radius 3 is 2.65 bits per heavy atom. The molecular weight excluding hydrogens is 416 g/mol. The summed E-state index contributed by atoms with van der Waals surface area (Å²) in [5.41, 5.74) is 17.0. The van der Waals surface area contributed by atoms with Gasteiger partial charge in [-0.05, 0) is 60.9 Å². The molecule has 154 valence electrons. The van der Waals surface area contributed by atoms with Crippen LogP contribution in [0.4, 0.5) is 11.5 Å². The summed E-state index contributed by atoms with van der Waals surface area (Å²) in [6.45, 7) is 3.68. The van der Waals surface area contributed by atoms with Crippen molar-refractivity contribution in [2.75, 3.05) is 11.5 Å². The first-order valence-electron chi connectivity index (χ1n) is 9.25. The average molecular weight is 433 g/mol. The molecule has 5 N–H and O–H groups in total. The molecule has 8 heteroatoms. The Balaban J connectivity index is 1.80. The fraction of sp³-hybridized carbons (Fsp3) is 0.0870. The van der Waals surface area contributed by atoms with Crippen LogP contribution in [-0.4, -0.2) is 16.1 Å². The number of aromatic nitrogens is 1. The van der Waals surface area contributed by atoms with E-state index in [2.05, 4.69) is 11.1 Å². The molecule has 0 spiro atoms. The highest BCUT2D eigenvalue weighted by atomic mass is 35.5. The van der Waals surface area contributed by atoms with Gasteiger partial charge in [0.05, 0.1) is 27.5 Å². The predicted molar refractivity (Wildman–Crippen MR) is 120 cm³/mol. The second-order valence-corrected chi connectivity index (χ2v) is 7.54. The standard InChI is InChI=1S/C23H17ClN4O3/c1-10-15(19-11(2)20(26)22(27)28-21(19)16(10)9-25)8-13-4-6-18(31-13)12-3-5-14(23(29)30)17(24)7-12/h3-8H,26H2,1-2H3,(H2,27,28)(H,29,30)/b15-8+. The summed E-state index contributed by atoms with van der Waals surface area (Å²) in [6, 6.07) is 10.4. The molecule has 0 aliphatic heterocycles. The first kappa shape index (κ1) is 20.3. The number of hydrogen-bond donors (Lipinski definition) is 3. The summed E-state index contributed by atoms with van der Waals surface area (Å²) in [5.74, 6) is 0.168. The van der Waals surface area contributed by atoms with E-state index in [1.54, 1.807) is 24.3 Å². The monoisotopic (exact) mass is 432 g/mol. The van der Waals surface area contributed by atoms with Gasteiger partial charge in [-0.1, -0.05) is 17.7 Å². The molecule has 0 fully saturated rings. The average Bonchev–Trinajstić information content (AvgIpc) is 3.29. The van der Waals surface area contributed by atoms with Crippen LogP contribution in [0.3, 0.4) is 0 Å². The van der Waals surface area contributed by atoms with Crippen molar-refractivity contribution in [3.8, 4) is 17.4 Å². The van der Waals surface area contributed by atoms with Gasteiger partial charge >= 0.3 is 5.97 Å². The zero-order valence-electron chi connectivity index (χ0n) is 16.7. The minimum Gasteiger partial charge on any atom is -0.478 e. The largest absolute Gasteiger partial charge is 0.478 e. The number of anilines is 2. The van der Waals surface area contributed by atoms with Gasteiger partial charge < -0.3 is 21.0 Å². The third-order valence-corrected chi connectivity index (χ3v) is 5.63. The minimum atomic E-state index is -1.10. The molecule has 1 aliphatic rings. The highest BCUT2D eigenvalue weighted by Crippen LogP contribution is 2.45. The number of pyridine rings is 1. The van der Waals surface area contributed by atoms with Crippen molar-refractivity contribution in [1.82, 2.24) is 4.98 Å². The Bertz CT molecular complexity index is 1380. The van der Waals surface area contributed by atoms with Gasteiger partial charge in [0.15, 0.2) is 0 Å². The van der Waals surface area contributed by atoms with E-state index < -0.39 is 5.97 Å². The molecule has 0 saturated heterocycles. The van der Waals surface area contributed by atoms with Gasteiger partial charge in [-0.25, -0.2) is 9.78 Å². The highest BCUT2D eigenvalue weighted by molar-refractivity contribution is 6.33. The summed E-state index contributed by atoms with van der Waals surface area (Å²) in [7, 11) is 0. The van der Waals surface area contributed by atoms with Gasteiger partial charge in [0.2, 0.25) is 0 Å². The van der Waals surface area contributed by atoms with Gasteiger partial charge in [0.25, 0.3) is 0 Å². The molecule has 0 radical (unpaired) electrons. The number of aromatic carboxylic acids is 1. The van der Waals surface area contributed by atoms with Crippen molar-refractivity contribution in [3.05, 3.63) is 69.1 Å². The summed E-state index contributed by atoms with van der Waals surface area (Å²) in [5, 5.41) is 18.9. The first-order chi connectivity index (χ1) is 14.7. The van der Waals surface area contributed by atoms with E-state index in [4.69, 9.17) is 32.6 Å². The minimum absolute atomic E-state index is 0.0199. The molecule has 0 saturated carbocycles. The first-order valence-corrected chi connectivity index (χ1v) is 9.63. The predicted octanol–water partition coefficient (Wildman–Crippen LogP) is 5.02. The third-order valence-electron chi connectivity index (χ3n) is 5.32. The summed E-state index contributed by atoms with van der Waals surface area (Å²) in [4.78, 5) is 15.5. The smallest absolute Gasteiger partial charge is 0.337 e. The molecule has 31 heavy (non-hydrogen) atoms. The Labute approximate surface area is 182 Å². The van der Waals surface area contributed by atoms with Crippen LogP contribution >= 0.6 is 11.6 Å². The molecule has 2 aromatic heterocycles. The van der Waals surface area contributed by atoms with E-state index in [9.17, 15) is 10.1 Å². The number of fused-ring (bicyclic) bond motifs is 1. The van der Waals surface area contributed by atoms with E-state index >= 15 is 0 Å². The lowest BCUT2D eigenvalue weighted by Crippen LogP contribution is -2.05. The van der Waals surface area contributed by atoms with Crippen molar-refractivity contribution < 1.29 is 14.3 Å². The zero-order chi connectivity index (χ0) is 22.4. The lowest BCUT2D eigenvalue weighted by atomic mass is 9.99. The maximum Gasteiger partial charge on any atom is 0.337 e. The van der Waals surface area contributed by atoms with Crippen LogP contribution < -0.4 is 11.5 Å². The second-order valence-electron chi connectivity index (χ2n) is 7.13. The number of hydrogen-bond acceptors (Lipinski definition) is 6. The molecule has 3 aromatic rings. The van der Waals surface area contributed by atoms with Gasteiger partial charge in [0, 0.05) is 11.1 Å². The molecule has 7 nitrogen and oxygen atoms in total. The molecule has 0 bridgehead atoms. The van der Waals surface area contributed by atoms with E-state index in [-0.39, 0.29) is 16.4 Å². The second kappa shape index (κ2) is 7.35. The molecule has 0 atom stereocenters. The SMILES string of the molecule is CC1=C(C#N)c2nc(N)c(N)c(C)c2/C1=C/c1ccc(-c2ccc(C(=O)O)c(Cl)c2)o1. The van der Waals surface area contributed by atoms with Crippen LogP contribution in [0, 0.1) is 18.3 Å². The lowest BCUT2D eigenvalue weighted by molar-refractivity contribution is 0.0697. The molecule has 1 aromatic carbocycles. The van der Waals surface area contributed by atoms with Crippen LogP contribution in [0.5, 0.6) is 0 Å². The van der Waals surface area contributed by atoms with Crippen molar-refractivity contribution in [2.24, 2.45) is 0 Å². The van der Waals surface area contributed by atoms with Crippen LogP contribution in [0.1, 0.15) is 39.9 Å². The number of carbonyl (C=O) groups is 1. The van der Waals surface area contributed by atoms with Crippen molar-refractivity contribution in [3.63, 3.8) is 0 Å². The molecule has 0 amide bonds. The maximum absolute atomic E-state index is 11.2. The van der Waals surface area contributed by atoms with Gasteiger partial charge in [-0.3, -0.25) is 0 Å². The van der Waals surface area contributed by atoms with Crippen LogP contribution in [0.15, 0.2) is 40.3 Å². The molecule has 4 rings (SSSR count). The van der Waals surface area contributed by atoms with Crippen molar-refractivity contribution >= 4 is 46.3 Å². The quantitative estimate of drug-likeness (QED) is 0.528. The Hall–Kier alpha value is -4.02. The number of carboxylic acids is 1. The van der Waals surface area contributed by atoms with Crippen molar-refractivity contribution in [1.29, 1.82) is 5.26 Å². The fourth-order valence-electron chi connectivity index (χ4n) is 3.64. The number of allylic oxidation sites excluding steroid dienone is 3. The number of furan rings is 1. The van der Waals surface area contributed by atoms with Crippen molar-refractivity contribution in [2.45, 2.75) is 13.8 Å². The van der Waals surface area contributed by atoms with E-state index in [1.807, 2.05) is 19.9 Å². The summed E-state index contributed by atoms with van der Waals surface area (Å²) in [6.07, 6.45) is 1.82. The number of nitriles is 1. The molecular formula is C23H17ClN4O3. The van der Waals surface area contributed by atoms with Crippen LogP contribution in [-0.2, 0) is 0 Å². The number of nitrogens with two attached hydrogens (primary N) is 2. The zero-order valence-corrected chi connectivity index (χ0v) is 17.4. The number of halogens is 1. The maximum atomic E-state index is 11.2. The molecule has 0 unspecified atom stereocenters. The third kappa shape index (κ3) is 3.23. The number of nitrogens with zero attached hydrogens (tertiary/aromatic N) is 2. The number of nitrogen functional groups attached to an aromatic ring is 2. The number of carboxylic acid groups (broad SMARTS) is 1. The van der Waals surface area contributed by atoms with Crippen LogP contribution in [0.25, 0.3) is 28.5 Å². The molecule has 2 heterocycles. The summed E-state index contributed by atoms with van der Waals surface area (Å²) >= 11 is 6.07. The van der Waals surface area contributed by atoms with Gasteiger partial charge in [-0.2, -0.15) is 5.26 Å². The normalized spacial score (nSPS) is 14.1. The van der Waals surface area contributed by atoms with Gasteiger partial charge in [-0.15, -0.1) is 0 Å². The highest BCUT2D eigenvalue weighted by Gasteiger charge is 2.29. The Morgan fingerprint density at radius 2 is 2.00 bits per heavy atom. The van der Waals surface area contributed by atoms with E-state index in [1.165, 1.54) is 6.07 Å². The van der Waals surface area contributed by atoms with E-state index in [0.717, 1.165) is 22.3 Å². The van der Waals surface area contributed by atoms with E-state index in [0.29, 0.717) is 34.0 Å². The Morgan fingerprint density at radius 1 is 1.26 bits per heavy atom. The van der Waals surface area contributed by atoms with Gasteiger partial charge in [0.1, 0.15) is 23.4 Å². The Kier molecular flexibility index (Phi) is 4.80. The molecule has 1 aliphatic carbocycles. The number of benzene rings is 1. The number of rotatable bonds is 3. The van der Waals surface area contributed by atoms with Crippen LogP contribution in [0.2, 0.25) is 5.02 Å². The topological polar surface area (TPSA) is 139 Å². The summed E-state index contributed by atoms with van der Waals surface area (Å²) < 4.78 is 5.95. The lowest BCUT2D eigenvalue weighted by Gasteiger charge is -2.11.